The van der Waals surface area contributed by atoms with E-state index in [4.69, 9.17) is 10.5 Å². The van der Waals surface area contributed by atoms with Crippen molar-refractivity contribution in [2.75, 3.05) is 33.4 Å². The van der Waals surface area contributed by atoms with E-state index in [1.165, 1.54) is 12.8 Å². The molecule has 1 aliphatic rings. The van der Waals surface area contributed by atoms with Crippen LogP contribution < -0.4 is 5.73 Å². The molecule has 1 rings (SSSR count). The standard InChI is InChI=1S/C14H28N2O2/c1-3-18-10-9-16(2)14(17)13-6-4-5-12(11-13)7-8-15/h12-13H,3-11,15H2,1-2H3. The van der Waals surface area contributed by atoms with Gasteiger partial charge >= 0.3 is 0 Å². The van der Waals surface area contributed by atoms with Gasteiger partial charge in [0, 0.05) is 26.1 Å². The second-order valence-electron chi connectivity index (χ2n) is 5.26. The van der Waals surface area contributed by atoms with E-state index in [0.29, 0.717) is 25.7 Å². The number of hydrogen-bond donors (Lipinski definition) is 1. The number of nitrogens with zero attached hydrogens (tertiary/aromatic N) is 1. The Morgan fingerprint density at radius 3 is 2.89 bits per heavy atom. The minimum absolute atomic E-state index is 0.210. The van der Waals surface area contributed by atoms with Crippen LogP contribution in [0.3, 0.4) is 0 Å². The van der Waals surface area contributed by atoms with Gasteiger partial charge < -0.3 is 15.4 Å². The molecule has 1 fully saturated rings. The molecule has 1 amide bonds. The van der Waals surface area contributed by atoms with Crippen LogP contribution in [-0.2, 0) is 9.53 Å². The number of likely N-dealkylation sites (N-methyl/N-ethyl adjacent to an activating group) is 1. The number of carbonyl (C=O) groups is 1. The van der Waals surface area contributed by atoms with Gasteiger partial charge in [-0.15, -0.1) is 0 Å². The molecule has 0 aromatic heterocycles. The Labute approximate surface area is 111 Å². The lowest BCUT2D eigenvalue weighted by Gasteiger charge is -2.31. The molecule has 0 radical (unpaired) electrons. The van der Waals surface area contributed by atoms with Crippen LogP contribution in [0.25, 0.3) is 0 Å². The maximum absolute atomic E-state index is 12.3. The van der Waals surface area contributed by atoms with Crippen LogP contribution in [0.4, 0.5) is 0 Å². The zero-order valence-electron chi connectivity index (χ0n) is 11.9. The topological polar surface area (TPSA) is 55.6 Å². The van der Waals surface area contributed by atoms with E-state index in [-0.39, 0.29) is 11.8 Å². The second-order valence-corrected chi connectivity index (χ2v) is 5.26. The third kappa shape index (κ3) is 4.94. The maximum atomic E-state index is 12.3. The van der Waals surface area contributed by atoms with Crippen LogP contribution >= 0.6 is 0 Å². The highest BCUT2D eigenvalue weighted by Crippen LogP contribution is 2.31. The number of hydrogen-bond acceptors (Lipinski definition) is 3. The van der Waals surface area contributed by atoms with Gasteiger partial charge in [-0.3, -0.25) is 4.79 Å². The van der Waals surface area contributed by atoms with E-state index in [1.54, 1.807) is 0 Å². The quantitative estimate of drug-likeness (QED) is 0.704. The van der Waals surface area contributed by atoms with Crippen molar-refractivity contribution in [1.82, 2.24) is 4.90 Å². The summed E-state index contributed by atoms with van der Waals surface area (Å²) in [5.74, 6) is 1.15. The first-order valence-corrected chi connectivity index (χ1v) is 7.21. The Balaban J connectivity index is 2.35. The fourth-order valence-corrected chi connectivity index (χ4v) is 2.78. The van der Waals surface area contributed by atoms with Crippen LogP contribution in [0.2, 0.25) is 0 Å². The summed E-state index contributed by atoms with van der Waals surface area (Å²) in [5.41, 5.74) is 5.61. The molecule has 0 aromatic rings. The Kier molecular flexibility index (Phi) is 7.28. The Morgan fingerprint density at radius 2 is 2.22 bits per heavy atom. The number of ether oxygens (including phenoxy) is 1. The summed E-state index contributed by atoms with van der Waals surface area (Å²) in [7, 11) is 1.88. The highest BCUT2D eigenvalue weighted by atomic mass is 16.5. The van der Waals surface area contributed by atoms with E-state index < -0.39 is 0 Å². The van der Waals surface area contributed by atoms with Gasteiger partial charge in [0.15, 0.2) is 0 Å². The molecular formula is C14H28N2O2. The Morgan fingerprint density at radius 1 is 1.44 bits per heavy atom. The summed E-state index contributed by atoms with van der Waals surface area (Å²) in [4.78, 5) is 14.1. The molecule has 0 aromatic carbocycles. The minimum Gasteiger partial charge on any atom is -0.380 e. The highest BCUT2D eigenvalue weighted by molar-refractivity contribution is 5.78. The van der Waals surface area contributed by atoms with E-state index in [9.17, 15) is 4.79 Å². The monoisotopic (exact) mass is 256 g/mol. The largest absolute Gasteiger partial charge is 0.380 e. The second kappa shape index (κ2) is 8.48. The molecule has 0 bridgehead atoms. The first-order chi connectivity index (χ1) is 8.69. The lowest BCUT2D eigenvalue weighted by molar-refractivity contribution is -0.136. The predicted molar refractivity (Wildman–Crippen MR) is 73.2 cm³/mol. The summed E-state index contributed by atoms with van der Waals surface area (Å²) in [5, 5.41) is 0. The predicted octanol–water partition coefficient (Wildman–Crippen LogP) is 1.64. The zero-order chi connectivity index (χ0) is 13.4. The van der Waals surface area contributed by atoms with Crippen LogP contribution in [0, 0.1) is 11.8 Å². The summed E-state index contributed by atoms with van der Waals surface area (Å²) in [6.45, 7) is 4.76. The molecule has 0 spiro atoms. The lowest BCUT2D eigenvalue weighted by Crippen LogP contribution is -2.37. The van der Waals surface area contributed by atoms with Crippen LogP contribution in [0.5, 0.6) is 0 Å². The van der Waals surface area contributed by atoms with Gasteiger partial charge in [0.05, 0.1) is 6.61 Å². The molecule has 2 unspecified atom stereocenters. The lowest BCUT2D eigenvalue weighted by atomic mass is 9.79. The van der Waals surface area contributed by atoms with E-state index in [1.807, 2.05) is 18.9 Å². The first-order valence-electron chi connectivity index (χ1n) is 7.21. The number of carbonyl (C=O) groups excluding carboxylic acids is 1. The van der Waals surface area contributed by atoms with Crippen molar-refractivity contribution >= 4 is 5.91 Å². The van der Waals surface area contributed by atoms with E-state index in [2.05, 4.69) is 0 Å². The zero-order valence-corrected chi connectivity index (χ0v) is 11.9. The van der Waals surface area contributed by atoms with Gasteiger partial charge in [-0.2, -0.15) is 0 Å². The average Bonchev–Trinajstić information content (AvgIpc) is 2.39. The minimum atomic E-state index is 0.210. The molecule has 4 nitrogen and oxygen atoms in total. The maximum Gasteiger partial charge on any atom is 0.225 e. The smallest absolute Gasteiger partial charge is 0.225 e. The SMILES string of the molecule is CCOCCN(C)C(=O)C1CCCC(CCN)C1. The fraction of sp³-hybridized carbons (Fsp3) is 0.929. The third-order valence-corrected chi connectivity index (χ3v) is 3.86. The average molecular weight is 256 g/mol. The van der Waals surface area contributed by atoms with Crippen LogP contribution in [0.1, 0.15) is 39.0 Å². The van der Waals surface area contributed by atoms with Crippen molar-refractivity contribution in [3.05, 3.63) is 0 Å². The first kappa shape index (κ1) is 15.4. The highest BCUT2D eigenvalue weighted by Gasteiger charge is 2.28. The van der Waals surface area contributed by atoms with Crippen molar-refractivity contribution in [3.8, 4) is 0 Å². The van der Waals surface area contributed by atoms with Gasteiger partial charge in [0.25, 0.3) is 0 Å². The van der Waals surface area contributed by atoms with E-state index >= 15 is 0 Å². The molecule has 1 saturated carbocycles. The molecule has 0 heterocycles. The summed E-state index contributed by atoms with van der Waals surface area (Å²) in [6, 6.07) is 0. The molecule has 1 aliphatic carbocycles. The van der Waals surface area contributed by atoms with Crippen molar-refractivity contribution in [2.24, 2.45) is 17.6 Å². The fourth-order valence-electron chi connectivity index (χ4n) is 2.78. The van der Waals surface area contributed by atoms with Crippen molar-refractivity contribution in [3.63, 3.8) is 0 Å². The van der Waals surface area contributed by atoms with Crippen LogP contribution in [0.15, 0.2) is 0 Å². The van der Waals surface area contributed by atoms with Gasteiger partial charge in [0.2, 0.25) is 5.91 Å². The van der Waals surface area contributed by atoms with Gasteiger partial charge in [-0.1, -0.05) is 12.8 Å². The molecule has 106 valence electrons. The normalized spacial score (nSPS) is 23.9. The number of amides is 1. The van der Waals surface area contributed by atoms with Gasteiger partial charge in [-0.05, 0) is 38.6 Å². The number of rotatable bonds is 7. The molecule has 2 atom stereocenters. The van der Waals surface area contributed by atoms with E-state index in [0.717, 1.165) is 25.8 Å². The summed E-state index contributed by atoms with van der Waals surface area (Å²) in [6.07, 6.45) is 5.53. The molecule has 2 N–H and O–H groups in total. The van der Waals surface area contributed by atoms with Gasteiger partial charge in [0.1, 0.15) is 0 Å². The van der Waals surface area contributed by atoms with Crippen LogP contribution in [-0.4, -0.2) is 44.2 Å². The Bertz CT molecular complexity index is 244. The summed E-state index contributed by atoms with van der Waals surface area (Å²) >= 11 is 0. The summed E-state index contributed by atoms with van der Waals surface area (Å²) < 4.78 is 5.29. The molecule has 0 aliphatic heterocycles. The third-order valence-electron chi connectivity index (χ3n) is 3.86. The van der Waals surface area contributed by atoms with Crippen molar-refractivity contribution in [2.45, 2.75) is 39.0 Å². The van der Waals surface area contributed by atoms with Crippen molar-refractivity contribution in [1.29, 1.82) is 0 Å². The molecule has 0 saturated heterocycles. The Hall–Kier alpha value is -0.610. The molecule has 18 heavy (non-hydrogen) atoms. The number of nitrogens with two attached hydrogens (primary N) is 1. The molecule has 4 heteroatoms. The molecular weight excluding hydrogens is 228 g/mol. The van der Waals surface area contributed by atoms with Gasteiger partial charge in [-0.25, -0.2) is 0 Å². The van der Waals surface area contributed by atoms with Crippen molar-refractivity contribution < 1.29 is 9.53 Å².